The summed E-state index contributed by atoms with van der Waals surface area (Å²) in [5.41, 5.74) is 1.81. The Labute approximate surface area is 115 Å². The lowest BCUT2D eigenvalue weighted by molar-refractivity contribution is 0.225. The van der Waals surface area contributed by atoms with E-state index in [-0.39, 0.29) is 17.3 Å². The zero-order chi connectivity index (χ0) is 15.0. The lowest BCUT2D eigenvalue weighted by Gasteiger charge is -2.27. The van der Waals surface area contributed by atoms with Crippen molar-refractivity contribution in [2.24, 2.45) is 0 Å². The van der Waals surface area contributed by atoms with Crippen LogP contribution in [0.3, 0.4) is 0 Å². The highest BCUT2D eigenvalue weighted by atomic mass is 19.1. The topological polar surface area (TPSA) is 23.6 Å². The maximum Gasteiger partial charge on any atom is 0.323 e. The fourth-order valence-electron chi connectivity index (χ4n) is 2.00. The van der Waals surface area contributed by atoms with Gasteiger partial charge >= 0.3 is 6.03 Å². The molecule has 3 nitrogen and oxygen atoms in total. The summed E-state index contributed by atoms with van der Waals surface area (Å²) in [6, 6.07) is 3.14. The predicted molar refractivity (Wildman–Crippen MR) is 77.3 cm³/mol. The Kier molecular flexibility index (Phi) is 4.23. The lowest BCUT2D eigenvalue weighted by atomic mass is 9.85. The fraction of sp³-hybridized carbons (Fsp3) is 0.533. The third-order valence-corrected chi connectivity index (χ3v) is 3.12. The molecular weight excluding hydrogens is 243 g/mol. The summed E-state index contributed by atoms with van der Waals surface area (Å²) in [6.45, 7) is 7.68. The molecule has 19 heavy (non-hydrogen) atoms. The molecule has 0 aliphatic rings. The first-order valence-electron chi connectivity index (χ1n) is 6.31. The van der Waals surface area contributed by atoms with E-state index in [1.54, 1.807) is 32.1 Å². The van der Waals surface area contributed by atoms with Crippen LogP contribution in [0.5, 0.6) is 0 Å². The second-order valence-electron chi connectivity index (χ2n) is 6.10. The minimum Gasteiger partial charge on any atom is -0.330 e. The van der Waals surface area contributed by atoms with Crippen molar-refractivity contribution in [3.63, 3.8) is 0 Å². The van der Waals surface area contributed by atoms with Crippen molar-refractivity contribution in [1.82, 2.24) is 4.90 Å². The number of anilines is 1. The van der Waals surface area contributed by atoms with Crippen LogP contribution < -0.4 is 4.90 Å². The molecule has 0 unspecified atom stereocenters. The van der Waals surface area contributed by atoms with Gasteiger partial charge in [0.25, 0.3) is 0 Å². The Bertz CT molecular complexity index is 490. The Balaban J connectivity index is 3.33. The number of carbonyl (C=O) groups excluding carboxylic acids is 1. The molecule has 0 saturated heterocycles. The Hall–Kier alpha value is -1.58. The average molecular weight is 266 g/mol. The predicted octanol–water partition coefficient (Wildman–Crippen LogP) is 3.55. The van der Waals surface area contributed by atoms with E-state index < -0.39 is 0 Å². The molecule has 0 spiro atoms. The summed E-state index contributed by atoms with van der Waals surface area (Å²) in [4.78, 5) is 15.0. The third kappa shape index (κ3) is 3.25. The van der Waals surface area contributed by atoms with Crippen LogP contribution in [0.15, 0.2) is 12.1 Å². The Morgan fingerprint density at radius 2 is 1.68 bits per heavy atom. The molecule has 0 atom stereocenters. The molecule has 0 bridgehead atoms. The maximum atomic E-state index is 14.0. The Morgan fingerprint density at radius 1 is 1.16 bits per heavy atom. The zero-order valence-electron chi connectivity index (χ0n) is 12.8. The molecule has 0 radical (unpaired) electrons. The van der Waals surface area contributed by atoms with Crippen LogP contribution in [0.4, 0.5) is 14.9 Å². The number of hydrogen-bond acceptors (Lipinski definition) is 1. The van der Waals surface area contributed by atoms with Crippen molar-refractivity contribution in [2.45, 2.75) is 33.1 Å². The van der Waals surface area contributed by atoms with E-state index >= 15 is 0 Å². The van der Waals surface area contributed by atoms with E-state index in [2.05, 4.69) is 0 Å². The van der Waals surface area contributed by atoms with Gasteiger partial charge in [0.2, 0.25) is 0 Å². The largest absolute Gasteiger partial charge is 0.330 e. The number of aryl methyl sites for hydroxylation is 1. The van der Waals surface area contributed by atoms with E-state index in [1.165, 1.54) is 11.0 Å². The summed E-state index contributed by atoms with van der Waals surface area (Å²) < 4.78 is 14.0. The molecule has 0 aromatic heterocycles. The van der Waals surface area contributed by atoms with Crippen molar-refractivity contribution < 1.29 is 9.18 Å². The number of rotatable bonds is 1. The van der Waals surface area contributed by atoms with Crippen LogP contribution in [0.25, 0.3) is 0 Å². The summed E-state index contributed by atoms with van der Waals surface area (Å²) in [5.74, 6) is -0.223. The molecule has 0 fully saturated rings. The van der Waals surface area contributed by atoms with Gasteiger partial charge in [-0.15, -0.1) is 0 Å². The van der Waals surface area contributed by atoms with Gasteiger partial charge in [0.1, 0.15) is 5.82 Å². The van der Waals surface area contributed by atoms with E-state index in [0.29, 0.717) is 5.56 Å². The molecule has 1 rings (SSSR count). The number of amides is 2. The molecule has 0 aliphatic carbocycles. The molecule has 0 aliphatic heterocycles. The SMILES string of the molecule is Cc1cc(F)c(C(C)(C)C)cc1N(C)C(=O)N(C)C. The van der Waals surface area contributed by atoms with Crippen LogP contribution in [0.2, 0.25) is 0 Å². The second-order valence-corrected chi connectivity index (χ2v) is 6.10. The van der Waals surface area contributed by atoms with Crippen LogP contribution in [0.1, 0.15) is 31.9 Å². The highest BCUT2D eigenvalue weighted by Crippen LogP contribution is 2.31. The van der Waals surface area contributed by atoms with Crippen molar-refractivity contribution in [3.05, 3.63) is 29.1 Å². The Morgan fingerprint density at radius 3 is 2.11 bits per heavy atom. The zero-order valence-corrected chi connectivity index (χ0v) is 12.8. The highest BCUT2D eigenvalue weighted by molar-refractivity contribution is 5.92. The smallest absolute Gasteiger partial charge is 0.323 e. The molecule has 0 heterocycles. The van der Waals surface area contributed by atoms with E-state index in [0.717, 1.165) is 11.3 Å². The molecule has 4 heteroatoms. The maximum absolute atomic E-state index is 14.0. The van der Waals surface area contributed by atoms with Crippen molar-refractivity contribution in [3.8, 4) is 0 Å². The first kappa shape index (κ1) is 15.5. The quantitative estimate of drug-likeness (QED) is 0.762. The van der Waals surface area contributed by atoms with Crippen LogP contribution >= 0.6 is 0 Å². The molecule has 106 valence electrons. The van der Waals surface area contributed by atoms with Gasteiger partial charge in [0.15, 0.2) is 0 Å². The van der Waals surface area contributed by atoms with Crippen LogP contribution in [-0.2, 0) is 5.41 Å². The number of urea groups is 1. The molecule has 0 N–H and O–H groups in total. The second kappa shape index (κ2) is 5.19. The first-order valence-corrected chi connectivity index (χ1v) is 6.31. The lowest BCUT2D eigenvalue weighted by Crippen LogP contribution is -2.37. The highest BCUT2D eigenvalue weighted by Gasteiger charge is 2.23. The summed E-state index contributed by atoms with van der Waals surface area (Å²) in [6.07, 6.45) is 0. The number of hydrogen-bond donors (Lipinski definition) is 0. The molecule has 2 amide bonds. The van der Waals surface area contributed by atoms with E-state index in [4.69, 9.17) is 0 Å². The third-order valence-electron chi connectivity index (χ3n) is 3.12. The normalized spacial score (nSPS) is 11.4. The van der Waals surface area contributed by atoms with Gasteiger partial charge in [-0.2, -0.15) is 0 Å². The molecule has 1 aromatic carbocycles. The molecule has 0 saturated carbocycles. The molecule has 1 aromatic rings. The number of carbonyl (C=O) groups is 1. The van der Waals surface area contributed by atoms with Gasteiger partial charge < -0.3 is 4.90 Å². The van der Waals surface area contributed by atoms with Gasteiger partial charge in [-0.3, -0.25) is 4.90 Å². The fourth-order valence-corrected chi connectivity index (χ4v) is 2.00. The van der Waals surface area contributed by atoms with Gasteiger partial charge in [-0.25, -0.2) is 9.18 Å². The van der Waals surface area contributed by atoms with Crippen LogP contribution in [-0.4, -0.2) is 32.1 Å². The summed E-state index contributed by atoms with van der Waals surface area (Å²) in [5, 5.41) is 0. The first-order chi connectivity index (χ1) is 8.55. The number of nitrogens with zero attached hydrogens (tertiary/aromatic N) is 2. The average Bonchev–Trinajstić information content (AvgIpc) is 2.25. The number of halogens is 1. The monoisotopic (exact) mass is 266 g/mol. The summed E-state index contributed by atoms with van der Waals surface area (Å²) >= 11 is 0. The molecular formula is C15H23FN2O. The van der Waals surface area contributed by atoms with Crippen LogP contribution in [0, 0.1) is 12.7 Å². The minimum atomic E-state index is -0.297. The van der Waals surface area contributed by atoms with Crippen molar-refractivity contribution in [1.29, 1.82) is 0 Å². The van der Waals surface area contributed by atoms with E-state index in [9.17, 15) is 9.18 Å². The van der Waals surface area contributed by atoms with Gasteiger partial charge in [-0.1, -0.05) is 20.8 Å². The standard InChI is InChI=1S/C15H23FN2O/c1-10-8-12(16)11(15(2,3)4)9-13(10)18(7)14(19)17(5)6/h8-9H,1-7H3. The van der Waals surface area contributed by atoms with Crippen molar-refractivity contribution in [2.75, 3.05) is 26.0 Å². The van der Waals surface area contributed by atoms with Gasteiger partial charge in [0.05, 0.1) is 0 Å². The van der Waals surface area contributed by atoms with Crippen molar-refractivity contribution >= 4 is 11.7 Å². The van der Waals surface area contributed by atoms with E-state index in [1.807, 2.05) is 27.7 Å². The number of benzene rings is 1. The van der Waals surface area contributed by atoms with Gasteiger partial charge in [-0.05, 0) is 35.6 Å². The summed E-state index contributed by atoms with van der Waals surface area (Å²) in [7, 11) is 5.10. The van der Waals surface area contributed by atoms with Gasteiger partial charge in [0, 0.05) is 26.8 Å². The minimum absolute atomic E-state index is 0.130.